The lowest BCUT2D eigenvalue weighted by Crippen LogP contribution is -2.16. The summed E-state index contributed by atoms with van der Waals surface area (Å²) in [5, 5.41) is 16.1. The molecular formula is C10H16N4. The molecular weight excluding hydrogens is 176 g/mol. The van der Waals surface area contributed by atoms with Crippen LogP contribution in [0.15, 0.2) is 12.3 Å². The number of nitrogens with one attached hydrogen (secondary N) is 1. The van der Waals surface area contributed by atoms with Gasteiger partial charge >= 0.3 is 0 Å². The number of hydrogen-bond acceptors (Lipinski definition) is 3. The molecule has 0 aliphatic rings. The molecule has 1 atom stereocenters. The second-order valence-electron chi connectivity index (χ2n) is 3.51. The van der Waals surface area contributed by atoms with Crippen LogP contribution in [0.25, 0.3) is 0 Å². The largest absolute Gasteiger partial charge is 0.353 e. The lowest BCUT2D eigenvalue weighted by molar-refractivity contribution is 0.533. The summed E-state index contributed by atoms with van der Waals surface area (Å²) in [6, 6.07) is 4.27. The minimum atomic E-state index is -0.148. The number of nitrogens with zero attached hydrogens (tertiary/aromatic N) is 3. The molecule has 0 bridgehead atoms. The van der Waals surface area contributed by atoms with Crippen LogP contribution in [0, 0.1) is 11.3 Å². The molecule has 0 amide bonds. The SMILES string of the molecule is CCC(C#N)Nc1ccn(C(C)C)n1. The Bertz CT molecular complexity index is 321. The van der Waals surface area contributed by atoms with E-state index in [9.17, 15) is 0 Å². The third-order valence-electron chi connectivity index (χ3n) is 2.02. The van der Waals surface area contributed by atoms with Gasteiger partial charge in [-0.05, 0) is 20.3 Å². The molecule has 14 heavy (non-hydrogen) atoms. The van der Waals surface area contributed by atoms with E-state index in [0.29, 0.717) is 6.04 Å². The number of aromatic nitrogens is 2. The molecule has 0 saturated carbocycles. The highest BCUT2D eigenvalue weighted by Crippen LogP contribution is 2.09. The Morgan fingerprint density at radius 1 is 1.64 bits per heavy atom. The van der Waals surface area contributed by atoms with Crippen LogP contribution >= 0.6 is 0 Å². The molecule has 1 aromatic heterocycles. The van der Waals surface area contributed by atoms with E-state index in [0.717, 1.165) is 12.2 Å². The van der Waals surface area contributed by atoms with E-state index >= 15 is 0 Å². The summed E-state index contributed by atoms with van der Waals surface area (Å²) in [5.74, 6) is 0.770. The monoisotopic (exact) mass is 192 g/mol. The fourth-order valence-electron chi connectivity index (χ4n) is 1.11. The molecule has 0 aliphatic heterocycles. The van der Waals surface area contributed by atoms with E-state index in [1.54, 1.807) is 0 Å². The Balaban J connectivity index is 2.64. The van der Waals surface area contributed by atoms with Gasteiger partial charge in [-0.25, -0.2) is 0 Å². The molecule has 0 fully saturated rings. The average Bonchev–Trinajstić information content (AvgIpc) is 2.62. The van der Waals surface area contributed by atoms with Crippen LogP contribution in [0.1, 0.15) is 33.2 Å². The van der Waals surface area contributed by atoms with Crippen LogP contribution in [0.5, 0.6) is 0 Å². The van der Waals surface area contributed by atoms with Crippen molar-refractivity contribution in [3.8, 4) is 6.07 Å². The molecule has 0 aromatic carbocycles. The van der Waals surface area contributed by atoms with Crippen molar-refractivity contribution in [3.05, 3.63) is 12.3 Å². The zero-order valence-corrected chi connectivity index (χ0v) is 8.86. The fourth-order valence-corrected chi connectivity index (χ4v) is 1.11. The third kappa shape index (κ3) is 2.49. The molecule has 0 saturated heterocycles. The molecule has 1 rings (SSSR count). The van der Waals surface area contributed by atoms with Gasteiger partial charge in [0.2, 0.25) is 0 Å². The number of nitriles is 1. The highest BCUT2D eigenvalue weighted by atomic mass is 15.3. The van der Waals surface area contributed by atoms with Gasteiger partial charge in [-0.15, -0.1) is 0 Å². The Morgan fingerprint density at radius 2 is 2.36 bits per heavy atom. The van der Waals surface area contributed by atoms with Gasteiger partial charge in [0.05, 0.1) is 6.07 Å². The summed E-state index contributed by atoms with van der Waals surface area (Å²) in [4.78, 5) is 0. The first kappa shape index (κ1) is 10.6. The molecule has 4 nitrogen and oxygen atoms in total. The van der Waals surface area contributed by atoms with Gasteiger partial charge < -0.3 is 5.32 Å². The van der Waals surface area contributed by atoms with Crippen molar-refractivity contribution in [2.24, 2.45) is 0 Å². The molecule has 0 aliphatic carbocycles. The Hall–Kier alpha value is -1.50. The Kier molecular flexibility index (Phi) is 3.52. The molecule has 1 heterocycles. The average molecular weight is 192 g/mol. The van der Waals surface area contributed by atoms with Crippen LogP contribution in [-0.2, 0) is 0 Å². The van der Waals surface area contributed by atoms with E-state index in [1.807, 2.05) is 23.9 Å². The summed E-state index contributed by atoms with van der Waals surface area (Å²) < 4.78 is 1.87. The summed E-state index contributed by atoms with van der Waals surface area (Å²) >= 11 is 0. The van der Waals surface area contributed by atoms with E-state index < -0.39 is 0 Å². The molecule has 1 unspecified atom stereocenters. The van der Waals surface area contributed by atoms with Crippen LogP contribution in [0.2, 0.25) is 0 Å². The predicted molar refractivity (Wildman–Crippen MR) is 55.9 cm³/mol. The smallest absolute Gasteiger partial charge is 0.149 e. The lowest BCUT2D eigenvalue weighted by Gasteiger charge is -2.07. The molecule has 0 radical (unpaired) electrons. The standard InChI is InChI=1S/C10H16N4/c1-4-9(7-11)12-10-5-6-14(13-10)8(2)3/h5-6,8-9H,4H2,1-3H3,(H,12,13). The summed E-state index contributed by atoms with van der Waals surface area (Å²) in [6.45, 7) is 6.11. The van der Waals surface area contributed by atoms with Gasteiger partial charge in [-0.1, -0.05) is 6.92 Å². The van der Waals surface area contributed by atoms with Gasteiger partial charge in [0.1, 0.15) is 11.9 Å². The molecule has 1 N–H and O–H groups in total. The predicted octanol–water partition coefficient (Wildman–Crippen LogP) is 2.18. The van der Waals surface area contributed by atoms with E-state index in [-0.39, 0.29) is 6.04 Å². The summed E-state index contributed by atoms with van der Waals surface area (Å²) in [5.41, 5.74) is 0. The van der Waals surface area contributed by atoms with E-state index in [2.05, 4.69) is 30.3 Å². The zero-order chi connectivity index (χ0) is 10.6. The van der Waals surface area contributed by atoms with Crippen molar-refractivity contribution in [1.82, 2.24) is 9.78 Å². The molecule has 1 aromatic rings. The first-order chi connectivity index (χ1) is 6.67. The number of anilines is 1. The summed E-state index contributed by atoms with van der Waals surface area (Å²) in [6.07, 6.45) is 2.70. The minimum absolute atomic E-state index is 0.148. The fraction of sp³-hybridized carbons (Fsp3) is 0.600. The quantitative estimate of drug-likeness (QED) is 0.795. The highest BCUT2D eigenvalue weighted by Gasteiger charge is 2.06. The van der Waals surface area contributed by atoms with Gasteiger partial charge in [0, 0.05) is 18.3 Å². The zero-order valence-electron chi connectivity index (χ0n) is 8.86. The second-order valence-corrected chi connectivity index (χ2v) is 3.51. The lowest BCUT2D eigenvalue weighted by atomic mass is 10.2. The van der Waals surface area contributed by atoms with Crippen molar-refractivity contribution in [2.75, 3.05) is 5.32 Å². The van der Waals surface area contributed by atoms with E-state index in [4.69, 9.17) is 5.26 Å². The van der Waals surface area contributed by atoms with Gasteiger partial charge in [-0.2, -0.15) is 10.4 Å². The van der Waals surface area contributed by atoms with Crippen molar-refractivity contribution in [3.63, 3.8) is 0 Å². The summed E-state index contributed by atoms with van der Waals surface area (Å²) in [7, 11) is 0. The Morgan fingerprint density at radius 3 is 2.79 bits per heavy atom. The maximum absolute atomic E-state index is 8.76. The normalized spacial score (nSPS) is 12.5. The van der Waals surface area contributed by atoms with Crippen molar-refractivity contribution >= 4 is 5.82 Å². The number of rotatable bonds is 4. The topological polar surface area (TPSA) is 53.6 Å². The van der Waals surface area contributed by atoms with Crippen molar-refractivity contribution in [1.29, 1.82) is 5.26 Å². The Labute approximate surface area is 84.5 Å². The van der Waals surface area contributed by atoms with Crippen molar-refractivity contribution < 1.29 is 0 Å². The van der Waals surface area contributed by atoms with Gasteiger partial charge in [0.25, 0.3) is 0 Å². The van der Waals surface area contributed by atoms with Crippen LogP contribution in [0.4, 0.5) is 5.82 Å². The maximum Gasteiger partial charge on any atom is 0.149 e. The van der Waals surface area contributed by atoms with Gasteiger partial charge in [-0.3, -0.25) is 4.68 Å². The minimum Gasteiger partial charge on any atom is -0.353 e. The van der Waals surface area contributed by atoms with Crippen molar-refractivity contribution in [2.45, 2.75) is 39.3 Å². The molecule has 76 valence electrons. The number of hydrogen-bond donors (Lipinski definition) is 1. The second kappa shape index (κ2) is 4.66. The van der Waals surface area contributed by atoms with Crippen LogP contribution in [0.3, 0.4) is 0 Å². The molecule has 0 spiro atoms. The molecule has 4 heteroatoms. The van der Waals surface area contributed by atoms with Crippen LogP contribution < -0.4 is 5.32 Å². The first-order valence-corrected chi connectivity index (χ1v) is 4.88. The van der Waals surface area contributed by atoms with Gasteiger partial charge in [0.15, 0.2) is 0 Å². The van der Waals surface area contributed by atoms with Crippen LogP contribution in [-0.4, -0.2) is 15.8 Å². The first-order valence-electron chi connectivity index (χ1n) is 4.88. The maximum atomic E-state index is 8.76. The van der Waals surface area contributed by atoms with E-state index in [1.165, 1.54) is 0 Å². The highest BCUT2D eigenvalue weighted by molar-refractivity contribution is 5.35. The third-order valence-corrected chi connectivity index (χ3v) is 2.02.